The van der Waals surface area contributed by atoms with E-state index in [9.17, 15) is 9.59 Å². The van der Waals surface area contributed by atoms with Crippen molar-refractivity contribution in [1.82, 2.24) is 9.80 Å². The van der Waals surface area contributed by atoms with E-state index in [1.807, 2.05) is 24.1 Å². The molecule has 24 heavy (non-hydrogen) atoms. The SMILES string of the molecule is CC(C)c1ccc(CN(C)CN2C(=O)C3CC=CCC3C2=O)cc1. The monoisotopic (exact) mass is 326 g/mol. The lowest BCUT2D eigenvalue weighted by atomic mass is 9.85. The van der Waals surface area contributed by atoms with Gasteiger partial charge in [0.25, 0.3) is 0 Å². The zero-order chi connectivity index (χ0) is 17.3. The van der Waals surface area contributed by atoms with E-state index >= 15 is 0 Å². The molecule has 4 nitrogen and oxygen atoms in total. The number of carbonyl (C=O) groups is 2. The molecule has 1 fully saturated rings. The summed E-state index contributed by atoms with van der Waals surface area (Å²) >= 11 is 0. The third-order valence-corrected chi connectivity index (χ3v) is 5.08. The van der Waals surface area contributed by atoms with E-state index in [0.717, 1.165) is 6.54 Å². The van der Waals surface area contributed by atoms with Gasteiger partial charge >= 0.3 is 0 Å². The van der Waals surface area contributed by atoms with Crippen molar-refractivity contribution in [2.45, 2.75) is 39.2 Å². The summed E-state index contributed by atoms with van der Waals surface area (Å²) in [5.74, 6) is 0.240. The molecule has 2 aliphatic rings. The molecule has 1 aliphatic carbocycles. The van der Waals surface area contributed by atoms with Crippen LogP contribution in [0.5, 0.6) is 0 Å². The topological polar surface area (TPSA) is 40.6 Å². The Bertz CT molecular complexity index is 622. The van der Waals surface area contributed by atoms with E-state index < -0.39 is 0 Å². The summed E-state index contributed by atoms with van der Waals surface area (Å²) in [6.45, 7) is 5.46. The Kier molecular flexibility index (Phi) is 4.86. The number of hydrogen-bond donors (Lipinski definition) is 0. The number of imide groups is 1. The normalized spacial score (nSPS) is 23.5. The molecule has 128 valence electrons. The standard InChI is InChI=1S/C20H26N2O2/c1-14(2)16-10-8-15(9-11-16)12-21(3)13-22-19(23)17-6-4-5-7-18(17)20(22)24/h4-5,8-11,14,17-18H,6-7,12-13H2,1-3H3. The van der Waals surface area contributed by atoms with E-state index in [4.69, 9.17) is 0 Å². The smallest absolute Gasteiger partial charge is 0.234 e. The van der Waals surface area contributed by atoms with Crippen molar-refractivity contribution in [2.75, 3.05) is 13.7 Å². The Balaban J connectivity index is 1.61. The largest absolute Gasteiger partial charge is 0.284 e. The zero-order valence-electron chi connectivity index (χ0n) is 14.7. The van der Waals surface area contributed by atoms with Crippen LogP contribution in [0.15, 0.2) is 36.4 Å². The van der Waals surface area contributed by atoms with Crippen LogP contribution in [0.1, 0.15) is 43.7 Å². The summed E-state index contributed by atoms with van der Waals surface area (Å²) in [6.07, 6.45) is 5.45. The van der Waals surface area contributed by atoms with Crippen molar-refractivity contribution in [2.24, 2.45) is 11.8 Å². The van der Waals surface area contributed by atoms with Crippen molar-refractivity contribution in [3.05, 3.63) is 47.5 Å². The van der Waals surface area contributed by atoms with E-state index in [1.54, 1.807) is 0 Å². The first-order chi connectivity index (χ1) is 11.5. The molecule has 3 rings (SSSR count). The molecular formula is C20H26N2O2. The Labute approximate surface area is 144 Å². The number of benzene rings is 1. The number of carbonyl (C=O) groups excluding carboxylic acids is 2. The number of likely N-dealkylation sites (tertiary alicyclic amines) is 1. The van der Waals surface area contributed by atoms with Gasteiger partial charge in [-0.05, 0) is 36.9 Å². The molecule has 0 aromatic heterocycles. The Morgan fingerprint density at radius 3 is 2.08 bits per heavy atom. The van der Waals surface area contributed by atoms with Gasteiger partial charge in [-0.2, -0.15) is 0 Å². The zero-order valence-corrected chi connectivity index (χ0v) is 14.7. The van der Waals surface area contributed by atoms with Crippen molar-refractivity contribution in [1.29, 1.82) is 0 Å². The fraction of sp³-hybridized carbons (Fsp3) is 0.500. The van der Waals surface area contributed by atoms with Crippen molar-refractivity contribution in [3.8, 4) is 0 Å². The van der Waals surface area contributed by atoms with E-state index in [1.165, 1.54) is 16.0 Å². The third kappa shape index (κ3) is 3.29. The van der Waals surface area contributed by atoms with Crippen molar-refractivity contribution >= 4 is 11.8 Å². The maximum absolute atomic E-state index is 12.5. The van der Waals surface area contributed by atoms with Crippen LogP contribution in [0, 0.1) is 11.8 Å². The summed E-state index contributed by atoms with van der Waals surface area (Å²) in [7, 11) is 1.96. The van der Waals surface area contributed by atoms with Gasteiger partial charge in [0.05, 0.1) is 18.5 Å². The lowest BCUT2D eigenvalue weighted by Gasteiger charge is -2.23. The van der Waals surface area contributed by atoms with Gasteiger partial charge in [0.1, 0.15) is 0 Å². The number of nitrogens with zero attached hydrogens (tertiary/aromatic N) is 2. The second-order valence-electron chi connectivity index (χ2n) is 7.31. The minimum Gasteiger partial charge on any atom is -0.284 e. The number of allylic oxidation sites excluding steroid dienone is 2. The van der Waals surface area contributed by atoms with E-state index in [0.29, 0.717) is 25.4 Å². The molecule has 1 saturated heterocycles. The highest BCUT2D eigenvalue weighted by atomic mass is 16.2. The number of fused-ring (bicyclic) bond motifs is 1. The summed E-state index contributed by atoms with van der Waals surface area (Å²) in [6, 6.07) is 8.56. The van der Waals surface area contributed by atoms with Gasteiger partial charge < -0.3 is 0 Å². The van der Waals surface area contributed by atoms with Crippen molar-refractivity contribution < 1.29 is 9.59 Å². The summed E-state index contributed by atoms with van der Waals surface area (Å²) in [5.41, 5.74) is 2.52. The van der Waals surface area contributed by atoms with Crippen LogP contribution < -0.4 is 0 Å². The summed E-state index contributed by atoms with van der Waals surface area (Å²) in [5, 5.41) is 0. The summed E-state index contributed by atoms with van der Waals surface area (Å²) < 4.78 is 0. The van der Waals surface area contributed by atoms with Gasteiger partial charge in [-0.15, -0.1) is 0 Å². The fourth-order valence-electron chi connectivity index (χ4n) is 3.62. The molecule has 4 heteroatoms. The highest BCUT2D eigenvalue weighted by Gasteiger charge is 2.47. The van der Waals surface area contributed by atoms with Crippen LogP contribution in [-0.4, -0.2) is 35.3 Å². The maximum Gasteiger partial charge on any atom is 0.234 e. The number of amides is 2. The van der Waals surface area contributed by atoms with Gasteiger partial charge in [0.15, 0.2) is 0 Å². The molecule has 0 saturated carbocycles. The molecule has 0 N–H and O–H groups in total. The molecule has 1 aliphatic heterocycles. The number of hydrogen-bond acceptors (Lipinski definition) is 3. The van der Waals surface area contributed by atoms with Crippen LogP contribution in [0.3, 0.4) is 0 Å². The van der Waals surface area contributed by atoms with Crippen LogP contribution in [-0.2, 0) is 16.1 Å². The maximum atomic E-state index is 12.5. The predicted octanol–water partition coefficient (Wildman–Crippen LogP) is 3.15. The molecular weight excluding hydrogens is 300 g/mol. The van der Waals surface area contributed by atoms with Crippen LogP contribution in [0.25, 0.3) is 0 Å². The molecule has 1 heterocycles. The average molecular weight is 326 g/mol. The lowest BCUT2D eigenvalue weighted by molar-refractivity contribution is -0.142. The third-order valence-electron chi connectivity index (χ3n) is 5.08. The molecule has 2 amide bonds. The Morgan fingerprint density at radius 2 is 1.58 bits per heavy atom. The molecule has 2 unspecified atom stereocenters. The quantitative estimate of drug-likeness (QED) is 0.616. The Hall–Kier alpha value is -1.94. The first-order valence-electron chi connectivity index (χ1n) is 8.75. The molecule has 0 spiro atoms. The second-order valence-corrected chi connectivity index (χ2v) is 7.31. The first kappa shape index (κ1) is 16.9. The lowest BCUT2D eigenvalue weighted by Crippen LogP contribution is -2.40. The van der Waals surface area contributed by atoms with Gasteiger partial charge in [-0.3, -0.25) is 19.4 Å². The van der Waals surface area contributed by atoms with Crippen molar-refractivity contribution in [3.63, 3.8) is 0 Å². The van der Waals surface area contributed by atoms with E-state index in [2.05, 4.69) is 38.1 Å². The molecule has 0 bridgehead atoms. The van der Waals surface area contributed by atoms with Gasteiger partial charge in [0.2, 0.25) is 11.8 Å². The number of rotatable bonds is 5. The fourth-order valence-corrected chi connectivity index (χ4v) is 3.62. The van der Waals surface area contributed by atoms with Gasteiger partial charge in [-0.1, -0.05) is 50.3 Å². The van der Waals surface area contributed by atoms with Gasteiger partial charge in [-0.25, -0.2) is 0 Å². The highest BCUT2D eigenvalue weighted by Crippen LogP contribution is 2.35. The minimum atomic E-state index is -0.138. The molecule has 1 aromatic rings. The predicted molar refractivity (Wildman–Crippen MR) is 94.1 cm³/mol. The van der Waals surface area contributed by atoms with Gasteiger partial charge in [0, 0.05) is 6.54 Å². The second kappa shape index (κ2) is 6.89. The first-order valence-corrected chi connectivity index (χ1v) is 8.75. The van der Waals surface area contributed by atoms with Crippen LogP contribution in [0.4, 0.5) is 0 Å². The van der Waals surface area contributed by atoms with E-state index in [-0.39, 0.29) is 23.7 Å². The molecule has 2 atom stereocenters. The molecule has 1 aromatic carbocycles. The average Bonchev–Trinajstić information content (AvgIpc) is 2.81. The molecule has 0 radical (unpaired) electrons. The highest BCUT2D eigenvalue weighted by molar-refractivity contribution is 6.05. The summed E-state index contributed by atoms with van der Waals surface area (Å²) in [4.78, 5) is 28.5. The Morgan fingerprint density at radius 1 is 1.04 bits per heavy atom. The van der Waals surface area contributed by atoms with Crippen LogP contribution in [0.2, 0.25) is 0 Å². The van der Waals surface area contributed by atoms with Crippen LogP contribution >= 0.6 is 0 Å². The minimum absolute atomic E-state index is 0.00337.